The van der Waals surface area contributed by atoms with Gasteiger partial charge in [-0.25, -0.2) is 14.4 Å². The van der Waals surface area contributed by atoms with Crippen LogP contribution in [0.5, 0.6) is 0 Å². The van der Waals surface area contributed by atoms with Gasteiger partial charge in [-0.2, -0.15) is 0 Å². The van der Waals surface area contributed by atoms with Gasteiger partial charge in [0, 0.05) is 18.1 Å². The lowest BCUT2D eigenvalue weighted by Crippen LogP contribution is -2.46. The molecule has 0 aromatic carbocycles. The van der Waals surface area contributed by atoms with Crippen molar-refractivity contribution in [3.8, 4) is 0 Å². The van der Waals surface area contributed by atoms with E-state index in [0.717, 1.165) is 96.3 Å². The van der Waals surface area contributed by atoms with Gasteiger partial charge in [0.15, 0.2) is 0 Å². The Morgan fingerprint density at radius 3 is 0.849 bits per heavy atom. The van der Waals surface area contributed by atoms with Crippen LogP contribution in [0.2, 0.25) is 0 Å². The lowest BCUT2D eigenvalue weighted by Gasteiger charge is -2.24. The van der Waals surface area contributed by atoms with E-state index in [1.165, 1.54) is 77.0 Å². The second-order valence-corrected chi connectivity index (χ2v) is 18.7. The summed E-state index contributed by atoms with van der Waals surface area (Å²) in [4.78, 5) is 39.3. The summed E-state index contributed by atoms with van der Waals surface area (Å²) in [6.07, 6.45) is 29.6. The molecule has 0 saturated carbocycles. The van der Waals surface area contributed by atoms with Crippen LogP contribution in [0.25, 0.3) is 0 Å². The Morgan fingerprint density at radius 2 is 0.604 bits per heavy atom. The molecule has 3 atom stereocenters. The molecule has 0 aromatic rings. The summed E-state index contributed by atoms with van der Waals surface area (Å²) in [5.41, 5.74) is 0. The van der Waals surface area contributed by atoms with Crippen LogP contribution in [0.1, 0.15) is 215 Å². The van der Waals surface area contributed by atoms with Gasteiger partial charge >= 0.3 is 18.1 Å². The van der Waals surface area contributed by atoms with Crippen molar-refractivity contribution < 1.29 is 18.9 Å². The number of urea groups is 3. The molecule has 0 fully saturated rings. The number of amides is 6. The molecule has 6 amide bonds. The molecule has 0 radical (unpaired) electrons. The number of nitrogens with one attached hydrogen (secondary N) is 6. The molecule has 0 saturated heterocycles. The first-order valence-corrected chi connectivity index (χ1v) is 24.6. The number of hydrogen-bond donors (Lipinski definition) is 6. The smallest absolute Gasteiger partial charge is 0.315 e. The number of carbonyl (C=O) groups is 3. The molecule has 0 aliphatic heterocycles. The zero-order valence-electron chi connectivity index (χ0n) is 35.5. The summed E-state index contributed by atoms with van der Waals surface area (Å²) in [5, 5.41) is 17.8. The zero-order chi connectivity index (χ0) is 39.4. The highest BCUT2D eigenvalue weighted by Gasteiger charge is 2.26. The Labute approximate surface area is 327 Å². The summed E-state index contributed by atoms with van der Waals surface area (Å²) in [6, 6.07) is -0.889. The zero-order valence-corrected chi connectivity index (χ0v) is 36.4. The molecular formula is C42H87N6O4P. The van der Waals surface area contributed by atoms with Crippen LogP contribution in [0.15, 0.2) is 0 Å². The number of hydrogen-bond acceptors (Lipinski definition) is 4. The Hall–Kier alpha value is -1.96. The highest BCUT2D eigenvalue weighted by Crippen LogP contribution is 2.41. The van der Waals surface area contributed by atoms with Crippen molar-refractivity contribution in [1.82, 2.24) is 31.9 Å². The van der Waals surface area contributed by atoms with Crippen LogP contribution in [0.4, 0.5) is 14.4 Å². The molecule has 0 aliphatic carbocycles. The van der Waals surface area contributed by atoms with E-state index in [-0.39, 0.29) is 55.1 Å². The summed E-state index contributed by atoms with van der Waals surface area (Å²) in [5.74, 6) is 0. The van der Waals surface area contributed by atoms with Gasteiger partial charge in [0.1, 0.15) is 7.14 Å². The summed E-state index contributed by atoms with van der Waals surface area (Å²) >= 11 is 0. The van der Waals surface area contributed by atoms with Gasteiger partial charge in [-0.3, -0.25) is 0 Å². The van der Waals surface area contributed by atoms with Crippen LogP contribution >= 0.6 is 7.14 Å². The molecule has 0 aromatic heterocycles. The molecule has 10 nitrogen and oxygen atoms in total. The topological polar surface area (TPSA) is 140 Å². The van der Waals surface area contributed by atoms with Crippen molar-refractivity contribution in [2.75, 3.05) is 18.9 Å². The van der Waals surface area contributed by atoms with Crippen molar-refractivity contribution in [2.45, 2.75) is 233 Å². The molecule has 0 heterocycles. The summed E-state index contributed by atoms with van der Waals surface area (Å²) < 4.78 is 14.3. The van der Waals surface area contributed by atoms with E-state index in [4.69, 9.17) is 0 Å². The fourth-order valence-electron chi connectivity index (χ4n) is 6.95. The van der Waals surface area contributed by atoms with E-state index in [2.05, 4.69) is 73.4 Å². The Balaban J connectivity index is 5.38. The van der Waals surface area contributed by atoms with Gasteiger partial charge in [-0.15, -0.1) is 0 Å². The standard InChI is InChI=1S/C42H87N6O4P/c1-7-13-16-19-22-25-31-37(28-10-4)46-40(49)43-34-53(52,35-44-41(50)47-38(29-11-5)32-26-23-20-17-14-8-2)36-45-42(51)48-39(30-12-6)33-27-24-21-18-15-9-3/h37-39H,7-36H2,1-6H3,(H2,43,46,49)(H2,44,47,50)(H2,45,48,51). The lowest BCUT2D eigenvalue weighted by atomic mass is 10.0. The molecule has 0 bridgehead atoms. The lowest BCUT2D eigenvalue weighted by molar-refractivity contribution is 0.236. The number of carbonyl (C=O) groups excluding carboxylic acids is 3. The highest BCUT2D eigenvalue weighted by molar-refractivity contribution is 7.63. The summed E-state index contributed by atoms with van der Waals surface area (Å²) in [7, 11) is -3.28. The predicted octanol–water partition coefficient (Wildman–Crippen LogP) is 11.9. The third kappa shape index (κ3) is 31.0. The Kier molecular flexibility index (Phi) is 34.4. The quantitative estimate of drug-likeness (QED) is 0.0279. The van der Waals surface area contributed by atoms with E-state index < -0.39 is 7.14 Å². The third-order valence-electron chi connectivity index (χ3n) is 10.2. The van der Waals surface area contributed by atoms with Gasteiger partial charge in [0.25, 0.3) is 0 Å². The minimum absolute atomic E-state index is 0.0580. The number of unbranched alkanes of at least 4 members (excludes halogenated alkanes) is 15. The second kappa shape index (κ2) is 35.7. The van der Waals surface area contributed by atoms with E-state index in [1.54, 1.807) is 0 Å². The van der Waals surface area contributed by atoms with Gasteiger partial charge in [0.05, 0.1) is 18.9 Å². The minimum atomic E-state index is -3.28. The number of rotatable bonds is 36. The molecule has 0 aliphatic rings. The van der Waals surface area contributed by atoms with Crippen LogP contribution in [-0.2, 0) is 4.57 Å². The van der Waals surface area contributed by atoms with Crippen LogP contribution in [0.3, 0.4) is 0 Å². The average molecular weight is 771 g/mol. The highest BCUT2D eigenvalue weighted by atomic mass is 31.2. The third-order valence-corrected chi connectivity index (χ3v) is 12.4. The molecule has 0 rings (SSSR count). The van der Waals surface area contributed by atoms with E-state index in [0.29, 0.717) is 0 Å². The maximum absolute atomic E-state index is 14.3. The molecule has 11 heteroatoms. The van der Waals surface area contributed by atoms with Crippen LogP contribution < -0.4 is 31.9 Å². The van der Waals surface area contributed by atoms with E-state index in [1.807, 2.05) is 0 Å². The van der Waals surface area contributed by atoms with Crippen molar-refractivity contribution in [1.29, 1.82) is 0 Å². The monoisotopic (exact) mass is 771 g/mol. The van der Waals surface area contributed by atoms with E-state index in [9.17, 15) is 18.9 Å². The fourth-order valence-corrected chi connectivity index (χ4v) is 8.58. The van der Waals surface area contributed by atoms with Crippen molar-refractivity contribution >= 4 is 25.2 Å². The molecular weight excluding hydrogens is 683 g/mol. The molecule has 6 N–H and O–H groups in total. The van der Waals surface area contributed by atoms with Crippen molar-refractivity contribution in [3.05, 3.63) is 0 Å². The van der Waals surface area contributed by atoms with Gasteiger partial charge < -0.3 is 36.5 Å². The Morgan fingerprint density at radius 1 is 0.358 bits per heavy atom. The largest absolute Gasteiger partial charge is 0.335 e. The first-order valence-electron chi connectivity index (χ1n) is 22.4. The fraction of sp³-hybridized carbons (Fsp3) is 0.929. The predicted molar refractivity (Wildman–Crippen MR) is 227 cm³/mol. The summed E-state index contributed by atoms with van der Waals surface area (Å²) in [6.45, 7) is 13.0. The average Bonchev–Trinajstić information content (AvgIpc) is 3.13. The Bertz CT molecular complexity index is 825. The van der Waals surface area contributed by atoms with Gasteiger partial charge in [-0.1, -0.05) is 176 Å². The van der Waals surface area contributed by atoms with Crippen LogP contribution in [-0.4, -0.2) is 55.1 Å². The second-order valence-electron chi connectivity index (χ2n) is 15.6. The van der Waals surface area contributed by atoms with Crippen LogP contribution in [0, 0.1) is 0 Å². The molecule has 314 valence electrons. The molecule has 53 heavy (non-hydrogen) atoms. The minimum Gasteiger partial charge on any atom is -0.335 e. The SMILES string of the molecule is CCCCCCCCC(CCC)NC(=O)NCP(=O)(CNC(=O)NC(CCC)CCCCCCCC)CNC(=O)NC(CCC)CCCCCCCC. The first-order chi connectivity index (χ1) is 25.7. The molecule has 3 unspecified atom stereocenters. The maximum Gasteiger partial charge on any atom is 0.315 e. The maximum atomic E-state index is 14.3. The van der Waals surface area contributed by atoms with Gasteiger partial charge in [-0.05, 0) is 38.5 Å². The van der Waals surface area contributed by atoms with Crippen molar-refractivity contribution in [3.63, 3.8) is 0 Å². The first kappa shape index (κ1) is 51.0. The molecule has 0 spiro atoms. The van der Waals surface area contributed by atoms with Gasteiger partial charge in [0.2, 0.25) is 0 Å². The van der Waals surface area contributed by atoms with E-state index >= 15 is 0 Å². The van der Waals surface area contributed by atoms with Crippen molar-refractivity contribution in [2.24, 2.45) is 0 Å². The normalized spacial score (nSPS) is 14.1.